The number of carbonyl (C=O) groups is 2. The van der Waals surface area contributed by atoms with E-state index in [4.69, 9.17) is 4.74 Å². The van der Waals surface area contributed by atoms with Crippen LogP contribution < -0.4 is 5.32 Å². The topological polar surface area (TPSA) is 61.9 Å². The Bertz CT molecular complexity index is 1030. The highest BCUT2D eigenvalue weighted by molar-refractivity contribution is 5.95. The number of anilines is 1. The predicted octanol–water partition coefficient (Wildman–Crippen LogP) is 5.17. The number of fused-ring (bicyclic) bond motifs is 3. The number of carbonyl (C=O) groups excluding carboxylic acids is 2. The van der Waals surface area contributed by atoms with Crippen LogP contribution in [0.3, 0.4) is 0 Å². The van der Waals surface area contributed by atoms with Gasteiger partial charge in [0, 0.05) is 36.8 Å². The van der Waals surface area contributed by atoms with Crippen LogP contribution in [0.15, 0.2) is 61.2 Å². The van der Waals surface area contributed by atoms with Crippen LogP contribution in [-0.4, -0.2) is 48.0 Å². The summed E-state index contributed by atoms with van der Waals surface area (Å²) in [5, 5.41) is 3.73. The third-order valence-corrected chi connectivity index (χ3v) is 7.15. The van der Waals surface area contributed by atoms with Crippen LogP contribution >= 0.6 is 0 Å². The highest BCUT2D eigenvalue weighted by Gasteiger charge is 2.45. The number of hydrogen-bond acceptors (Lipinski definition) is 4. The summed E-state index contributed by atoms with van der Waals surface area (Å²) >= 11 is 0. The Morgan fingerprint density at radius 1 is 1.06 bits per heavy atom. The molecule has 1 N–H and O–H groups in total. The third-order valence-electron chi connectivity index (χ3n) is 7.15. The van der Waals surface area contributed by atoms with Gasteiger partial charge in [0.25, 0.3) is 5.91 Å². The van der Waals surface area contributed by atoms with Crippen molar-refractivity contribution in [2.45, 2.75) is 37.8 Å². The fourth-order valence-corrected chi connectivity index (χ4v) is 5.63. The van der Waals surface area contributed by atoms with Crippen molar-refractivity contribution < 1.29 is 14.3 Å². The van der Waals surface area contributed by atoms with Gasteiger partial charge in [0.1, 0.15) is 6.61 Å². The second-order valence-electron chi connectivity index (χ2n) is 9.14. The van der Waals surface area contributed by atoms with Crippen LogP contribution in [0.4, 0.5) is 10.5 Å². The number of nitrogens with zero attached hydrogens (tertiary/aromatic N) is 2. The normalized spacial score (nSPS) is 23.8. The largest absolute Gasteiger partial charge is 0.445 e. The molecule has 0 aliphatic carbocycles. The van der Waals surface area contributed by atoms with Gasteiger partial charge >= 0.3 is 6.09 Å². The molecule has 2 aromatic rings. The van der Waals surface area contributed by atoms with E-state index in [0.29, 0.717) is 12.1 Å². The van der Waals surface area contributed by atoms with E-state index in [-0.39, 0.29) is 36.6 Å². The molecule has 2 amide bonds. The first-order valence-electron chi connectivity index (χ1n) is 12.0. The van der Waals surface area contributed by atoms with E-state index in [1.165, 1.54) is 5.56 Å². The van der Waals surface area contributed by atoms with Crippen molar-refractivity contribution in [1.29, 1.82) is 0 Å². The minimum Gasteiger partial charge on any atom is -0.445 e. The molecule has 33 heavy (non-hydrogen) atoms. The molecule has 2 fully saturated rings. The van der Waals surface area contributed by atoms with Crippen LogP contribution in [0.25, 0.3) is 0 Å². The maximum absolute atomic E-state index is 13.1. The maximum Gasteiger partial charge on any atom is 0.410 e. The fourth-order valence-electron chi connectivity index (χ4n) is 5.63. The summed E-state index contributed by atoms with van der Waals surface area (Å²) in [6.07, 6.45) is 5.30. The molecule has 2 aromatic carbocycles. The highest BCUT2D eigenvalue weighted by atomic mass is 16.6. The summed E-state index contributed by atoms with van der Waals surface area (Å²) in [4.78, 5) is 30.0. The van der Waals surface area contributed by atoms with Crippen LogP contribution in [-0.2, 0) is 4.74 Å². The molecule has 0 bridgehead atoms. The van der Waals surface area contributed by atoms with Crippen molar-refractivity contribution in [2.24, 2.45) is 5.92 Å². The molecular weight excluding hydrogens is 414 g/mol. The Labute approximate surface area is 195 Å². The van der Waals surface area contributed by atoms with Gasteiger partial charge in [-0.15, -0.1) is 0 Å². The highest BCUT2D eigenvalue weighted by Crippen LogP contribution is 2.50. The zero-order valence-corrected chi connectivity index (χ0v) is 18.9. The Balaban J connectivity index is 1.55. The lowest BCUT2D eigenvalue weighted by molar-refractivity contribution is 0.0505. The first-order valence-corrected chi connectivity index (χ1v) is 12.0. The second-order valence-corrected chi connectivity index (χ2v) is 9.14. The summed E-state index contributed by atoms with van der Waals surface area (Å²) in [5.74, 6) is 0.260. The molecule has 0 saturated carbocycles. The zero-order chi connectivity index (χ0) is 22.8. The number of piperidine rings is 1. The van der Waals surface area contributed by atoms with Crippen molar-refractivity contribution in [3.8, 4) is 0 Å². The first-order chi connectivity index (χ1) is 16.2. The molecule has 0 radical (unpaired) electrons. The minimum absolute atomic E-state index is 0.0774. The number of benzene rings is 2. The van der Waals surface area contributed by atoms with Gasteiger partial charge in [-0.2, -0.15) is 0 Å². The van der Waals surface area contributed by atoms with E-state index in [1.807, 2.05) is 34.1 Å². The monoisotopic (exact) mass is 445 g/mol. The van der Waals surface area contributed by atoms with Crippen LogP contribution in [0.5, 0.6) is 0 Å². The van der Waals surface area contributed by atoms with Gasteiger partial charge in [-0.05, 0) is 55.0 Å². The Morgan fingerprint density at radius 2 is 1.85 bits per heavy atom. The van der Waals surface area contributed by atoms with Gasteiger partial charge in [-0.3, -0.25) is 4.79 Å². The molecule has 1 unspecified atom stereocenters. The Hall–Kier alpha value is -3.28. The van der Waals surface area contributed by atoms with Crippen LogP contribution in [0, 0.1) is 5.92 Å². The van der Waals surface area contributed by atoms with E-state index < -0.39 is 0 Å². The molecule has 6 nitrogen and oxygen atoms in total. The molecule has 2 saturated heterocycles. The molecule has 0 aromatic heterocycles. The predicted molar refractivity (Wildman–Crippen MR) is 128 cm³/mol. The van der Waals surface area contributed by atoms with Crippen molar-refractivity contribution in [3.63, 3.8) is 0 Å². The standard InChI is InChI=1S/C27H31N3O3/c1-2-17-33-27(32)30-16-8-11-21-24(19-9-4-3-5-10-19)28-23-13-12-20(18-22(23)25(21)30)26(31)29-14-6-7-15-29/h2-5,9-10,12-13,18,21,24-25,28H,1,6-8,11,14-17H2/t21-,24?,25-/m0/s1. The van der Waals surface area contributed by atoms with Crippen LogP contribution in [0.1, 0.15) is 59.3 Å². The number of nitrogens with one attached hydrogen (secondary N) is 1. The number of amides is 2. The van der Waals surface area contributed by atoms with E-state index in [0.717, 1.165) is 50.0 Å². The van der Waals surface area contributed by atoms with Gasteiger partial charge < -0.3 is 19.9 Å². The molecule has 6 heteroatoms. The molecule has 3 aliphatic heterocycles. The van der Waals surface area contributed by atoms with Crippen molar-refractivity contribution >= 4 is 17.7 Å². The molecule has 5 rings (SSSR count). The number of hydrogen-bond donors (Lipinski definition) is 1. The van der Waals surface area contributed by atoms with Gasteiger partial charge in [-0.1, -0.05) is 43.0 Å². The lowest BCUT2D eigenvalue weighted by Gasteiger charge is -2.48. The average molecular weight is 446 g/mol. The summed E-state index contributed by atoms with van der Waals surface area (Å²) in [6, 6.07) is 16.3. The van der Waals surface area contributed by atoms with Gasteiger partial charge in [-0.25, -0.2) is 4.79 Å². The van der Waals surface area contributed by atoms with Crippen LogP contribution in [0.2, 0.25) is 0 Å². The minimum atomic E-state index is -0.319. The molecular formula is C27H31N3O3. The first kappa shape index (κ1) is 21.6. The van der Waals surface area contributed by atoms with E-state index in [9.17, 15) is 9.59 Å². The molecule has 0 spiro atoms. The summed E-state index contributed by atoms with van der Waals surface area (Å²) in [7, 11) is 0. The second kappa shape index (κ2) is 9.30. The van der Waals surface area contributed by atoms with Gasteiger partial charge in [0.2, 0.25) is 0 Å². The molecule has 172 valence electrons. The zero-order valence-electron chi connectivity index (χ0n) is 18.9. The number of ether oxygens (including phenoxy) is 1. The third kappa shape index (κ3) is 4.10. The van der Waals surface area contributed by atoms with E-state index >= 15 is 0 Å². The van der Waals surface area contributed by atoms with E-state index in [1.54, 1.807) is 6.08 Å². The Morgan fingerprint density at radius 3 is 2.61 bits per heavy atom. The molecule has 3 heterocycles. The smallest absolute Gasteiger partial charge is 0.410 e. The average Bonchev–Trinajstić information content (AvgIpc) is 3.41. The maximum atomic E-state index is 13.1. The number of likely N-dealkylation sites (tertiary alicyclic amines) is 2. The SMILES string of the molecule is C=CCOC(=O)N1CCC[C@H]2C(c3ccccc3)Nc3ccc(C(=O)N4CCCC4)cc3[C@H]21. The number of rotatable bonds is 4. The quantitative estimate of drug-likeness (QED) is 0.660. The van der Waals surface area contributed by atoms with Gasteiger partial charge in [0.15, 0.2) is 0 Å². The molecule has 3 aliphatic rings. The van der Waals surface area contributed by atoms with Crippen molar-refractivity contribution in [3.05, 3.63) is 77.9 Å². The Kier molecular flexibility index (Phi) is 6.07. The lowest BCUT2D eigenvalue weighted by atomic mass is 9.74. The summed E-state index contributed by atoms with van der Waals surface area (Å²) in [6.45, 7) is 6.13. The fraction of sp³-hybridized carbons (Fsp3) is 0.407. The molecule has 3 atom stereocenters. The lowest BCUT2D eigenvalue weighted by Crippen LogP contribution is -2.48. The van der Waals surface area contributed by atoms with Crippen molar-refractivity contribution in [1.82, 2.24) is 9.80 Å². The van der Waals surface area contributed by atoms with Gasteiger partial charge in [0.05, 0.1) is 12.1 Å². The summed E-state index contributed by atoms with van der Waals surface area (Å²) < 4.78 is 5.47. The van der Waals surface area contributed by atoms with E-state index in [2.05, 4.69) is 36.2 Å². The summed E-state index contributed by atoms with van der Waals surface area (Å²) in [5.41, 5.74) is 3.88. The van der Waals surface area contributed by atoms with Crippen molar-refractivity contribution in [2.75, 3.05) is 31.6 Å².